The lowest BCUT2D eigenvalue weighted by Gasteiger charge is -2.31. The lowest BCUT2D eigenvalue weighted by atomic mass is 9.99. The zero-order valence-electron chi connectivity index (χ0n) is 15.5. The molecule has 146 valence electrons. The Kier molecular flexibility index (Phi) is 5.18. The van der Waals surface area contributed by atoms with E-state index in [0.29, 0.717) is 24.5 Å². The molecule has 1 aromatic heterocycles. The lowest BCUT2D eigenvalue weighted by molar-refractivity contribution is -0.120. The molecule has 1 aliphatic rings. The fraction of sp³-hybridized carbons (Fsp3) is 0.300. The molecule has 0 spiro atoms. The molecule has 1 aliphatic heterocycles. The van der Waals surface area contributed by atoms with Gasteiger partial charge in [0.2, 0.25) is 15.9 Å². The number of piperidine rings is 1. The summed E-state index contributed by atoms with van der Waals surface area (Å²) in [5.74, 6) is -0.565. The number of carbonyl (C=O) groups excluding carboxylic acids is 1. The average Bonchev–Trinajstić information content (AvgIpc) is 3.10. The second kappa shape index (κ2) is 7.62. The Balaban J connectivity index is 1.48. The van der Waals surface area contributed by atoms with Gasteiger partial charge in [0, 0.05) is 13.1 Å². The normalized spacial score (nSPS) is 18.2. The highest BCUT2D eigenvalue weighted by molar-refractivity contribution is 7.89. The first kappa shape index (κ1) is 19.0. The van der Waals surface area contributed by atoms with Crippen molar-refractivity contribution in [2.24, 2.45) is 5.92 Å². The molecule has 6 nitrogen and oxygen atoms in total. The number of hydrogen-bond donors (Lipinski definition) is 1. The number of thiazole rings is 1. The van der Waals surface area contributed by atoms with Crippen LogP contribution in [0.2, 0.25) is 0 Å². The second-order valence-corrected chi connectivity index (χ2v) is 9.96. The summed E-state index contributed by atoms with van der Waals surface area (Å²) in [6.07, 6.45) is 1.32. The maximum Gasteiger partial charge on any atom is 0.243 e. The van der Waals surface area contributed by atoms with E-state index in [2.05, 4.69) is 10.3 Å². The number of rotatable bonds is 4. The maximum absolute atomic E-state index is 12.8. The number of anilines is 1. The van der Waals surface area contributed by atoms with Crippen LogP contribution in [0.4, 0.5) is 5.13 Å². The van der Waals surface area contributed by atoms with Crippen molar-refractivity contribution in [2.75, 3.05) is 18.4 Å². The number of nitrogens with one attached hydrogen (secondary N) is 1. The molecule has 1 N–H and O–H groups in total. The van der Waals surface area contributed by atoms with Gasteiger partial charge in [-0.15, -0.1) is 0 Å². The van der Waals surface area contributed by atoms with Crippen LogP contribution in [0.3, 0.4) is 0 Å². The first-order chi connectivity index (χ1) is 13.4. The Hall–Kier alpha value is -2.29. The molecule has 0 bridgehead atoms. The summed E-state index contributed by atoms with van der Waals surface area (Å²) in [7, 11) is -3.59. The van der Waals surface area contributed by atoms with Gasteiger partial charge in [-0.05, 0) is 49.6 Å². The number of aryl methyl sites for hydroxylation is 1. The van der Waals surface area contributed by atoms with E-state index >= 15 is 0 Å². The number of nitrogens with zero attached hydrogens (tertiary/aromatic N) is 2. The summed E-state index contributed by atoms with van der Waals surface area (Å²) in [5, 5.41) is 3.43. The molecule has 1 amide bonds. The fourth-order valence-corrected chi connectivity index (χ4v) is 5.92. The van der Waals surface area contributed by atoms with Crippen LogP contribution < -0.4 is 5.32 Å². The molecule has 0 aliphatic carbocycles. The van der Waals surface area contributed by atoms with Crippen molar-refractivity contribution < 1.29 is 13.2 Å². The highest BCUT2D eigenvalue weighted by Crippen LogP contribution is 2.29. The molecule has 1 atom stereocenters. The molecular weight excluding hydrogens is 394 g/mol. The van der Waals surface area contributed by atoms with Gasteiger partial charge in [-0.1, -0.05) is 35.6 Å². The zero-order valence-corrected chi connectivity index (χ0v) is 17.1. The predicted molar refractivity (Wildman–Crippen MR) is 111 cm³/mol. The third-order valence-electron chi connectivity index (χ3n) is 4.91. The van der Waals surface area contributed by atoms with Gasteiger partial charge in [-0.25, -0.2) is 13.4 Å². The largest absolute Gasteiger partial charge is 0.302 e. The van der Waals surface area contributed by atoms with Gasteiger partial charge in [0.05, 0.1) is 21.0 Å². The molecule has 1 saturated heterocycles. The topological polar surface area (TPSA) is 79.4 Å². The second-order valence-electron chi connectivity index (χ2n) is 6.99. The molecule has 2 aromatic carbocycles. The van der Waals surface area contributed by atoms with E-state index < -0.39 is 10.0 Å². The van der Waals surface area contributed by atoms with Gasteiger partial charge >= 0.3 is 0 Å². The van der Waals surface area contributed by atoms with E-state index in [4.69, 9.17) is 0 Å². The van der Waals surface area contributed by atoms with Crippen LogP contribution >= 0.6 is 11.3 Å². The van der Waals surface area contributed by atoms with Crippen LogP contribution in [0.1, 0.15) is 18.4 Å². The van der Waals surface area contributed by atoms with Crippen molar-refractivity contribution in [1.82, 2.24) is 9.29 Å². The van der Waals surface area contributed by atoms with Crippen LogP contribution in [0.15, 0.2) is 53.4 Å². The van der Waals surface area contributed by atoms with Crippen molar-refractivity contribution in [1.29, 1.82) is 0 Å². The SMILES string of the molecule is Cc1ccc2nc(NC(=O)[C@@H]3CCCN(S(=O)(=O)c4ccccc4)C3)sc2c1. The van der Waals surface area contributed by atoms with E-state index in [1.165, 1.54) is 15.6 Å². The Morgan fingerprint density at radius 2 is 2.00 bits per heavy atom. The van der Waals surface area contributed by atoms with E-state index in [0.717, 1.165) is 15.8 Å². The zero-order chi connectivity index (χ0) is 19.7. The molecule has 8 heteroatoms. The van der Waals surface area contributed by atoms with Crippen molar-refractivity contribution in [3.63, 3.8) is 0 Å². The molecule has 4 rings (SSSR count). The Morgan fingerprint density at radius 3 is 2.79 bits per heavy atom. The summed E-state index contributed by atoms with van der Waals surface area (Å²) in [6, 6.07) is 14.3. The van der Waals surface area contributed by atoms with Gasteiger partial charge in [0.15, 0.2) is 5.13 Å². The molecule has 0 radical (unpaired) electrons. The summed E-state index contributed by atoms with van der Waals surface area (Å²) in [4.78, 5) is 17.5. The van der Waals surface area contributed by atoms with Crippen molar-refractivity contribution in [3.8, 4) is 0 Å². The van der Waals surface area contributed by atoms with Gasteiger partial charge in [0.25, 0.3) is 0 Å². The standard InChI is InChI=1S/C20H21N3O3S2/c1-14-9-10-17-18(12-14)27-20(21-17)22-19(24)15-6-5-11-23(13-15)28(25,26)16-7-3-2-4-8-16/h2-4,7-10,12,15H,5-6,11,13H2,1H3,(H,21,22,24)/t15-/m1/s1. The minimum Gasteiger partial charge on any atom is -0.302 e. The molecule has 3 aromatic rings. The van der Waals surface area contributed by atoms with Gasteiger partial charge < -0.3 is 5.32 Å². The Bertz CT molecular complexity index is 1110. The quantitative estimate of drug-likeness (QED) is 0.705. The summed E-state index contributed by atoms with van der Waals surface area (Å²) in [5.41, 5.74) is 1.99. The Morgan fingerprint density at radius 1 is 1.21 bits per heavy atom. The number of carbonyl (C=O) groups is 1. The van der Waals surface area contributed by atoms with Gasteiger partial charge in [-0.2, -0.15) is 4.31 Å². The summed E-state index contributed by atoms with van der Waals surface area (Å²) in [6.45, 7) is 2.63. The number of hydrogen-bond acceptors (Lipinski definition) is 5. The smallest absolute Gasteiger partial charge is 0.243 e. The molecule has 0 saturated carbocycles. The highest BCUT2D eigenvalue weighted by Gasteiger charge is 2.33. The minimum absolute atomic E-state index is 0.177. The van der Waals surface area contributed by atoms with Crippen LogP contribution in [0.5, 0.6) is 0 Å². The van der Waals surface area contributed by atoms with E-state index in [9.17, 15) is 13.2 Å². The van der Waals surface area contributed by atoms with E-state index in [1.807, 2.05) is 25.1 Å². The van der Waals surface area contributed by atoms with Gasteiger partial charge in [0.1, 0.15) is 0 Å². The van der Waals surface area contributed by atoms with Crippen molar-refractivity contribution in [2.45, 2.75) is 24.7 Å². The number of amides is 1. The summed E-state index contributed by atoms with van der Waals surface area (Å²) < 4.78 is 28.1. The molecule has 2 heterocycles. The monoisotopic (exact) mass is 415 g/mol. The predicted octanol–water partition coefficient (Wildman–Crippen LogP) is 3.64. The highest BCUT2D eigenvalue weighted by atomic mass is 32.2. The molecule has 0 unspecified atom stereocenters. The van der Waals surface area contributed by atoms with Crippen LogP contribution in [0.25, 0.3) is 10.2 Å². The third-order valence-corrected chi connectivity index (χ3v) is 7.72. The number of fused-ring (bicyclic) bond motifs is 1. The average molecular weight is 416 g/mol. The van der Waals surface area contributed by atoms with E-state index in [-0.39, 0.29) is 23.3 Å². The minimum atomic E-state index is -3.59. The first-order valence-corrected chi connectivity index (χ1v) is 11.4. The van der Waals surface area contributed by atoms with Crippen molar-refractivity contribution >= 4 is 42.6 Å². The number of benzene rings is 2. The van der Waals surface area contributed by atoms with Crippen molar-refractivity contribution in [3.05, 3.63) is 54.1 Å². The Labute approximate surface area is 168 Å². The van der Waals surface area contributed by atoms with Gasteiger partial charge in [-0.3, -0.25) is 4.79 Å². The first-order valence-electron chi connectivity index (χ1n) is 9.17. The summed E-state index contributed by atoms with van der Waals surface area (Å²) >= 11 is 1.43. The van der Waals surface area contributed by atoms with Crippen LogP contribution in [0, 0.1) is 12.8 Å². The van der Waals surface area contributed by atoms with Crippen LogP contribution in [-0.4, -0.2) is 36.7 Å². The fourth-order valence-electron chi connectivity index (χ4n) is 3.41. The lowest BCUT2D eigenvalue weighted by Crippen LogP contribution is -2.43. The maximum atomic E-state index is 12.8. The number of sulfonamides is 1. The molecule has 28 heavy (non-hydrogen) atoms. The van der Waals surface area contributed by atoms with Crippen LogP contribution in [-0.2, 0) is 14.8 Å². The molecule has 1 fully saturated rings. The van der Waals surface area contributed by atoms with E-state index in [1.54, 1.807) is 30.3 Å². The third kappa shape index (κ3) is 3.80. The molecular formula is C20H21N3O3S2. The number of aromatic nitrogens is 1.